The summed E-state index contributed by atoms with van der Waals surface area (Å²) in [6.07, 6.45) is 0. The van der Waals surface area contributed by atoms with Gasteiger partial charge >= 0.3 is 5.97 Å². The number of hydrogen-bond donors (Lipinski definition) is 2. The first-order chi connectivity index (χ1) is 10.2. The van der Waals surface area contributed by atoms with Crippen molar-refractivity contribution in [3.63, 3.8) is 0 Å². The smallest absolute Gasteiger partial charge is 0.337 e. The number of anilines is 1. The average Bonchev–Trinajstić information content (AvgIpc) is 2.43. The second-order valence-corrected chi connectivity index (χ2v) is 6.60. The number of aromatic carboxylic acids is 1. The molecule has 2 N–H and O–H groups in total. The van der Waals surface area contributed by atoms with Crippen LogP contribution in [-0.2, 0) is 10.0 Å². The van der Waals surface area contributed by atoms with E-state index in [1.807, 2.05) is 0 Å². The monoisotopic (exact) mass is 343 g/mol. The molecule has 116 valence electrons. The van der Waals surface area contributed by atoms with E-state index in [0.29, 0.717) is 5.56 Å². The molecule has 2 rings (SSSR count). The SMILES string of the molecule is Cc1ccc(Cl)cc1S(=O)(=O)Nc1ccc(F)cc1C(=O)O. The Bertz CT molecular complexity index is 852. The van der Waals surface area contributed by atoms with Gasteiger partial charge in [0.15, 0.2) is 0 Å². The predicted octanol–water partition coefficient (Wildman–Crippen LogP) is 3.29. The minimum atomic E-state index is -4.06. The molecular formula is C14H11ClFNO4S. The molecule has 0 aliphatic carbocycles. The van der Waals surface area contributed by atoms with Gasteiger partial charge in [-0.1, -0.05) is 17.7 Å². The van der Waals surface area contributed by atoms with Crippen LogP contribution in [0.1, 0.15) is 15.9 Å². The second-order valence-electron chi connectivity index (χ2n) is 4.51. The van der Waals surface area contributed by atoms with E-state index >= 15 is 0 Å². The largest absolute Gasteiger partial charge is 0.478 e. The second kappa shape index (κ2) is 5.94. The predicted molar refractivity (Wildman–Crippen MR) is 80.4 cm³/mol. The van der Waals surface area contributed by atoms with Gasteiger partial charge in [-0.2, -0.15) is 0 Å². The molecule has 0 atom stereocenters. The van der Waals surface area contributed by atoms with E-state index < -0.39 is 27.4 Å². The fourth-order valence-corrected chi connectivity index (χ4v) is 3.43. The van der Waals surface area contributed by atoms with Crippen LogP contribution in [0.2, 0.25) is 5.02 Å². The summed E-state index contributed by atoms with van der Waals surface area (Å²) in [5.74, 6) is -2.22. The molecule has 2 aromatic rings. The number of carboxylic acids is 1. The van der Waals surface area contributed by atoms with Crippen molar-refractivity contribution in [2.75, 3.05) is 4.72 Å². The first-order valence-corrected chi connectivity index (χ1v) is 7.88. The highest BCUT2D eigenvalue weighted by Gasteiger charge is 2.21. The molecule has 5 nitrogen and oxygen atoms in total. The number of carbonyl (C=O) groups is 1. The Balaban J connectivity index is 2.50. The van der Waals surface area contributed by atoms with Crippen molar-refractivity contribution in [3.05, 3.63) is 58.4 Å². The summed E-state index contributed by atoms with van der Waals surface area (Å²) < 4.78 is 40.0. The van der Waals surface area contributed by atoms with E-state index in [2.05, 4.69) is 4.72 Å². The fraction of sp³-hybridized carbons (Fsp3) is 0.0714. The summed E-state index contributed by atoms with van der Waals surface area (Å²) in [6, 6.07) is 7.08. The molecular weight excluding hydrogens is 333 g/mol. The van der Waals surface area contributed by atoms with Crippen LogP contribution in [-0.4, -0.2) is 19.5 Å². The van der Waals surface area contributed by atoms with E-state index in [4.69, 9.17) is 16.7 Å². The molecule has 0 aliphatic heterocycles. The number of sulfonamides is 1. The topological polar surface area (TPSA) is 83.5 Å². The minimum Gasteiger partial charge on any atom is -0.478 e. The third kappa shape index (κ3) is 3.37. The molecule has 0 spiro atoms. The van der Waals surface area contributed by atoms with Crippen molar-refractivity contribution in [2.24, 2.45) is 0 Å². The van der Waals surface area contributed by atoms with Crippen molar-refractivity contribution in [1.29, 1.82) is 0 Å². The van der Waals surface area contributed by atoms with E-state index in [-0.39, 0.29) is 15.6 Å². The van der Waals surface area contributed by atoms with E-state index in [0.717, 1.165) is 18.2 Å². The zero-order valence-corrected chi connectivity index (χ0v) is 12.9. The van der Waals surface area contributed by atoms with E-state index in [1.54, 1.807) is 6.92 Å². The Morgan fingerprint density at radius 3 is 2.55 bits per heavy atom. The summed E-state index contributed by atoms with van der Waals surface area (Å²) in [6.45, 7) is 1.58. The van der Waals surface area contributed by atoms with Crippen molar-refractivity contribution in [3.8, 4) is 0 Å². The Labute approximate surface area is 131 Å². The summed E-state index contributed by atoms with van der Waals surface area (Å²) in [7, 11) is -4.06. The molecule has 0 radical (unpaired) electrons. The summed E-state index contributed by atoms with van der Waals surface area (Å²) in [5.41, 5.74) is -0.271. The lowest BCUT2D eigenvalue weighted by molar-refractivity contribution is 0.0697. The number of halogens is 2. The van der Waals surface area contributed by atoms with Crippen LogP contribution in [0, 0.1) is 12.7 Å². The fourth-order valence-electron chi connectivity index (χ4n) is 1.85. The Morgan fingerprint density at radius 1 is 1.23 bits per heavy atom. The molecule has 8 heteroatoms. The first-order valence-electron chi connectivity index (χ1n) is 6.02. The number of hydrogen-bond acceptors (Lipinski definition) is 3. The van der Waals surface area contributed by atoms with Crippen molar-refractivity contribution < 1.29 is 22.7 Å². The van der Waals surface area contributed by atoms with Crippen molar-refractivity contribution >= 4 is 33.3 Å². The van der Waals surface area contributed by atoms with Gasteiger partial charge in [-0.3, -0.25) is 4.72 Å². The maximum absolute atomic E-state index is 13.1. The highest BCUT2D eigenvalue weighted by molar-refractivity contribution is 7.92. The van der Waals surface area contributed by atoms with Crippen LogP contribution in [0.15, 0.2) is 41.3 Å². The van der Waals surface area contributed by atoms with Crippen LogP contribution < -0.4 is 4.72 Å². The molecule has 0 saturated carbocycles. The van der Waals surface area contributed by atoms with Crippen LogP contribution in [0.4, 0.5) is 10.1 Å². The molecule has 0 aliphatic rings. The summed E-state index contributed by atoms with van der Waals surface area (Å²) >= 11 is 5.79. The van der Waals surface area contributed by atoms with Gasteiger partial charge in [0.05, 0.1) is 16.1 Å². The third-order valence-corrected chi connectivity index (χ3v) is 4.64. The molecule has 0 bridgehead atoms. The number of aryl methyl sites for hydroxylation is 1. The summed E-state index contributed by atoms with van der Waals surface area (Å²) in [4.78, 5) is 11.0. The number of benzene rings is 2. The summed E-state index contributed by atoms with van der Waals surface area (Å²) in [5, 5.41) is 9.26. The molecule has 0 saturated heterocycles. The van der Waals surface area contributed by atoms with Gasteiger partial charge in [0.25, 0.3) is 10.0 Å². The minimum absolute atomic E-state index is 0.0827. The van der Waals surface area contributed by atoms with Crippen LogP contribution in [0.5, 0.6) is 0 Å². The van der Waals surface area contributed by atoms with Gasteiger partial charge < -0.3 is 5.11 Å². The molecule has 0 heterocycles. The standard InChI is InChI=1S/C14H11ClFNO4S/c1-8-2-3-9(15)6-13(8)22(20,21)17-12-5-4-10(16)7-11(12)14(18)19/h2-7,17H,1H3,(H,18,19). The zero-order chi connectivity index (χ0) is 16.5. The molecule has 2 aromatic carbocycles. The normalized spacial score (nSPS) is 11.2. The molecule has 0 fully saturated rings. The molecule has 0 unspecified atom stereocenters. The van der Waals surface area contributed by atoms with E-state index in [9.17, 15) is 17.6 Å². The zero-order valence-electron chi connectivity index (χ0n) is 11.3. The number of carboxylic acid groups (broad SMARTS) is 1. The quantitative estimate of drug-likeness (QED) is 0.892. The lowest BCUT2D eigenvalue weighted by Crippen LogP contribution is -2.16. The molecule has 0 amide bonds. The van der Waals surface area contributed by atoms with E-state index in [1.165, 1.54) is 18.2 Å². The number of rotatable bonds is 4. The van der Waals surface area contributed by atoms with Gasteiger partial charge in [0.1, 0.15) is 5.82 Å². The Morgan fingerprint density at radius 2 is 1.91 bits per heavy atom. The van der Waals surface area contributed by atoms with Gasteiger partial charge in [-0.05, 0) is 42.8 Å². The van der Waals surface area contributed by atoms with Gasteiger partial charge in [-0.25, -0.2) is 17.6 Å². The molecule has 0 aromatic heterocycles. The van der Waals surface area contributed by atoms with Crippen LogP contribution >= 0.6 is 11.6 Å². The Kier molecular flexibility index (Phi) is 4.39. The maximum atomic E-state index is 13.1. The number of nitrogens with one attached hydrogen (secondary N) is 1. The van der Waals surface area contributed by atoms with Crippen LogP contribution in [0.25, 0.3) is 0 Å². The van der Waals surface area contributed by atoms with Gasteiger partial charge in [0, 0.05) is 5.02 Å². The lowest BCUT2D eigenvalue weighted by atomic mass is 10.2. The highest BCUT2D eigenvalue weighted by Crippen LogP contribution is 2.25. The lowest BCUT2D eigenvalue weighted by Gasteiger charge is -2.12. The van der Waals surface area contributed by atoms with Crippen LogP contribution in [0.3, 0.4) is 0 Å². The highest BCUT2D eigenvalue weighted by atomic mass is 35.5. The van der Waals surface area contributed by atoms with Crippen molar-refractivity contribution in [2.45, 2.75) is 11.8 Å². The average molecular weight is 344 g/mol. The Hall–Kier alpha value is -2.12. The van der Waals surface area contributed by atoms with Crippen molar-refractivity contribution in [1.82, 2.24) is 0 Å². The van der Waals surface area contributed by atoms with Gasteiger partial charge in [0.2, 0.25) is 0 Å². The van der Waals surface area contributed by atoms with Gasteiger partial charge in [-0.15, -0.1) is 0 Å². The first kappa shape index (κ1) is 16.3. The maximum Gasteiger partial charge on any atom is 0.337 e. The third-order valence-electron chi connectivity index (χ3n) is 2.90. The molecule has 22 heavy (non-hydrogen) atoms.